The van der Waals surface area contributed by atoms with Gasteiger partial charge in [0.15, 0.2) is 0 Å². The van der Waals surface area contributed by atoms with E-state index in [1.54, 1.807) is 23.9 Å². The van der Waals surface area contributed by atoms with Crippen molar-refractivity contribution in [1.82, 2.24) is 0 Å². The Labute approximate surface area is 123 Å². The smallest absolute Gasteiger partial charge is 0.224 e. The van der Waals surface area contributed by atoms with Gasteiger partial charge in [0.2, 0.25) is 5.91 Å². The highest BCUT2D eigenvalue weighted by molar-refractivity contribution is 7.98. The van der Waals surface area contributed by atoms with Gasteiger partial charge in [-0.2, -0.15) is 0 Å². The van der Waals surface area contributed by atoms with Crippen LogP contribution in [0.3, 0.4) is 0 Å². The number of anilines is 1. The van der Waals surface area contributed by atoms with Gasteiger partial charge in [-0.1, -0.05) is 18.2 Å². The van der Waals surface area contributed by atoms with Crippen molar-refractivity contribution in [2.75, 3.05) is 11.6 Å². The number of amides is 1. The molecule has 1 amide bonds. The van der Waals surface area contributed by atoms with Crippen molar-refractivity contribution in [2.45, 2.75) is 17.7 Å². The van der Waals surface area contributed by atoms with E-state index in [4.69, 9.17) is 0 Å². The molecule has 0 atom stereocenters. The Morgan fingerprint density at radius 2 is 1.85 bits per heavy atom. The van der Waals surface area contributed by atoms with Crippen LogP contribution in [0.5, 0.6) is 5.75 Å². The lowest BCUT2D eigenvalue weighted by molar-refractivity contribution is -0.116. The fourth-order valence-electron chi connectivity index (χ4n) is 1.87. The number of aromatic hydroxyl groups is 1. The van der Waals surface area contributed by atoms with E-state index in [1.807, 2.05) is 42.7 Å². The second kappa shape index (κ2) is 7.01. The monoisotopic (exact) mass is 287 g/mol. The molecule has 104 valence electrons. The van der Waals surface area contributed by atoms with E-state index >= 15 is 0 Å². The minimum absolute atomic E-state index is 0.0508. The number of hydrogen-bond acceptors (Lipinski definition) is 3. The molecule has 0 bridgehead atoms. The van der Waals surface area contributed by atoms with Crippen LogP contribution in [0.25, 0.3) is 0 Å². The third kappa shape index (κ3) is 4.03. The second-order valence-electron chi connectivity index (χ2n) is 4.41. The second-order valence-corrected chi connectivity index (χ2v) is 5.29. The Kier molecular flexibility index (Phi) is 5.07. The quantitative estimate of drug-likeness (QED) is 0.825. The minimum atomic E-state index is -0.0508. The Morgan fingerprint density at radius 3 is 2.50 bits per heavy atom. The zero-order valence-corrected chi connectivity index (χ0v) is 12.1. The third-order valence-electron chi connectivity index (χ3n) is 2.99. The first-order valence-electron chi connectivity index (χ1n) is 6.40. The summed E-state index contributed by atoms with van der Waals surface area (Å²) in [5.74, 6) is 0.190. The molecule has 3 nitrogen and oxygen atoms in total. The summed E-state index contributed by atoms with van der Waals surface area (Å²) in [6.45, 7) is 0. The molecule has 0 heterocycles. The molecule has 0 saturated carbocycles. The highest BCUT2D eigenvalue weighted by atomic mass is 32.2. The molecule has 0 spiro atoms. The number of hydrogen-bond donors (Lipinski definition) is 2. The molecule has 0 fully saturated rings. The lowest BCUT2D eigenvalue weighted by Gasteiger charge is -2.07. The van der Waals surface area contributed by atoms with E-state index in [1.165, 1.54) is 0 Å². The summed E-state index contributed by atoms with van der Waals surface area (Å²) < 4.78 is 0. The summed E-state index contributed by atoms with van der Waals surface area (Å²) in [6, 6.07) is 14.8. The van der Waals surface area contributed by atoms with Crippen molar-refractivity contribution in [1.29, 1.82) is 0 Å². The van der Waals surface area contributed by atoms with Crippen molar-refractivity contribution < 1.29 is 9.90 Å². The van der Waals surface area contributed by atoms with Gasteiger partial charge in [0.05, 0.1) is 0 Å². The van der Waals surface area contributed by atoms with E-state index in [0.717, 1.165) is 16.1 Å². The molecule has 0 aliphatic rings. The van der Waals surface area contributed by atoms with Gasteiger partial charge >= 0.3 is 0 Å². The number of carbonyl (C=O) groups excluding carboxylic acids is 1. The Bertz CT molecular complexity index is 581. The van der Waals surface area contributed by atoms with E-state index < -0.39 is 0 Å². The molecule has 0 radical (unpaired) electrons. The molecular weight excluding hydrogens is 270 g/mol. The predicted molar refractivity (Wildman–Crippen MR) is 83.3 cm³/mol. The van der Waals surface area contributed by atoms with Gasteiger partial charge in [-0.25, -0.2) is 0 Å². The largest absolute Gasteiger partial charge is 0.508 e. The molecule has 0 aliphatic carbocycles. The van der Waals surface area contributed by atoms with Crippen LogP contribution in [0, 0.1) is 0 Å². The molecule has 2 rings (SSSR count). The summed E-state index contributed by atoms with van der Waals surface area (Å²) in [4.78, 5) is 13.0. The maximum Gasteiger partial charge on any atom is 0.224 e. The first-order chi connectivity index (χ1) is 9.69. The first-order valence-corrected chi connectivity index (χ1v) is 7.62. The standard InChI is InChI=1S/C16H17NO2S/c1-20-14-9-7-13(8-10-14)17-16(19)11-6-12-4-2-3-5-15(12)18/h2-5,7-10,18H,6,11H2,1H3,(H,17,19). The number of nitrogens with one attached hydrogen (secondary N) is 1. The molecule has 0 aromatic heterocycles. The van der Waals surface area contributed by atoms with E-state index in [9.17, 15) is 9.90 Å². The lowest BCUT2D eigenvalue weighted by Crippen LogP contribution is -2.12. The molecular formula is C16H17NO2S. The van der Waals surface area contributed by atoms with Crippen LogP contribution in [-0.2, 0) is 11.2 Å². The average Bonchev–Trinajstić information content (AvgIpc) is 2.47. The molecule has 2 N–H and O–H groups in total. The normalized spacial score (nSPS) is 10.2. The maximum absolute atomic E-state index is 11.9. The summed E-state index contributed by atoms with van der Waals surface area (Å²) >= 11 is 1.67. The average molecular weight is 287 g/mol. The van der Waals surface area contributed by atoms with E-state index in [2.05, 4.69) is 5.32 Å². The Morgan fingerprint density at radius 1 is 1.15 bits per heavy atom. The zero-order chi connectivity index (χ0) is 14.4. The minimum Gasteiger partial charge on any atom is -0.508 e. The number of rotatable bonds is 5. The highest BCUT2D eigenvalue weighted by Gasteiger charge is 2.05. The number of thioether (sulfide) groups is 1. The summed E-state index contributed by atoms with van der Waals surface area (Å²) in [5, 5.41) is 12.5. The molecule has 0 aliphatic heterocycles. The van der Waals surface area contributed by atoms with Crippen LogP contribution in [0.2, 0.25) is 0 Å². The summed E-state index contributed by atoms with van der Waals surface area (Å²) in [5.41, 5.74) is 1.59. The van der Waals surface area contributed by atoms with Crippen LogP contribution in [0.4, 0.5) is 5.69 Å². The van der Waals surface area contributed by atoms with Crippen molar-refractivity contribution in [2.24, 2.45) is 0 Å². The van der Waals surface area contributed by atoms with Gasteiger partial charge in [-0.05, 0) is 48.6 Å². The molecule has 0 unspecified atom stereocenters. The number of aryl methyl sites for hydroxylation is 1. The van der Waals surface area contributed by atoms with Crippen LogP contribution in [-0.4, -0.2) is 17.3 Å². The van der Waals surface area contributed by atoms with E-state index in [0.29, 0.717) is 12.8 Å². The van der Waals surface area contributed by atoms with Crippen molar-refractivity contribution in [3.05, 3.63) is 54.1 Å². The van der Waals surface area contributed by atoms with Crippen LogP contribution in [0.1, 0.15) is 12.0 Å². The van der Waals surface area contributed by atoms with Gasteiger partial charge in [-0.3, -0.25) is 4.79 Å². The van der Waals surface area contributed by atoms with Crippen LogP contribution < -0.4 is 5.32 Å². The van der Waals surface area contributed by atoms with Crippen LogP contribution >= 0.6 is 11.8 Å². The van der Waals surface area contributed by atoms with Crippen molar-refractivity contribution in [3.63, 3.8) is 0 Å². The Hall–Kier alpha value is -1.94. The molecule has 2 aromatic rings. The van der Waals surface area contributed by atoms with Gasteiger partial charge in [0, 0.05) is 17.0 Å². The highest BCUT2D eigenvalue weighted by Crippen LogP contribution is 2.19. The van der Waals surface area contributed by atoms with Crippen molar-refractivity contribution in [3.8, 4) is 5.75 Å². The van der Waals surface area contributed by atoms with Gasteiger partial charge in [-0.15, -0.1) is 11.8 Å². The lowest BCUT2D eigenvalue weighted by atomic mass is 10.1. The maximum atomic E-state index is 11.9. The molecule has 20 heavy (non-hydrogen) atoms. The van der Waals surface area contributed by atoms with E-state index in [-0.39, 0.29) is 11.7 Å². The third-order valence-corrected chi connectivity index (χ3v) is 3.73. The number of benzene rings is 2. The SMILES string of the molecule is CSc1ccc(NC(=O)CCc2ccccc2O)cc1. The summed E-state index contributed by atoms with van der Waals surface area (Å²) in [7, 11) is 0. The fourth-order valence-corrected chi connectivity index (χ4v) is 2.28. The summed E-state index contributed by atoms with van der Waals surface area (Å²) in [6.07, 6.45) is 2.89. The van der Waals surface area contributed by atoms with Crippen molar-refractivity contribution >= 4 is 23.4 Å². The number of phenolic OH excluding ortho intramolecular Hbond substituents is 1. The Balaban J connectivity index is 1.87. The fraction of sp³-hybridized carbons (Fsp3) is 0.188. The van der Waals surface area contributed by atoms with Gasteiger partial charge in [0.1, 0.15) is 5.75 Å². The molecule has 4 heteroatoms. The number of carbonyl (C=O) groups is 1. The number of para-hydroxylation sites is 1. The first kappa shape index (κ1) is 14.5. The molecule has 2 aromatic carbocycles. The van der Waals surface area contributed by atoms with Gasteiger partial charge in [0.25, 0.3) is 0 Å². The topological polar surface area (TPSA) is 49.3 Å². The van der Waals surface area contributed by atoms with Gasteiger partial charge < -0.3 is 10.4 Å². The predicted octanol–water partition coefficient (Wildman–Crippen LogP) is 3.69. The molecule has 0 saturated heterocycles. The number of phenols is 1. The zero-order valence-electron chi connectivity index (χ0n) is 11.3. The van der Waals surface area contributed by atoms with Crippen LogP contribution in [0.15, 0.2) is 53.4 Å².